The van der Waals surface area contributed by atoms with Gasteiger partial charge in [-0.3, -0.25) is 19.2 Å². The molecule has 0 heterocycles. The molecule has 0 rings (SSSR count). The van der Waals surface area contributed by atoms with Crippen molar-refractivity contribution in [2.45, 2.75) is 376 Å². The van der Waals surface area contributed by atoms with E-state index in [2.05, 4.69) is 46.3 Å². The predicted octanol–water partition coefficient (Wildman–Crippen LogP) is 21.5. The summed E-state index contributed by atoms with van der Waals surface area (Å²) in [6, 6.07) is 0. The highest BCUT2D eigenvalue weighted by Gasteiger charge is 2.12. The van der Waals surface area contributed by atoms with Crippen molar-refractivity contribution in [1.82, 2.24) is 0 Å². The van der Waals surface area contributed by atoms with Gasteiger partial charge in [0.15, 0.2) is 0 Å². The van der Waals surface area contributed by atoms with Crippen LogP contribution in [0.2, 0.25) is 0 Å². The summed E-state index contributed by atoms with van der Waals surface area (Å²) in [6.45, 7) is 15.7. The Bertz CT molecular complexity index is 1140. The van der Waals surface area contributed by atoms with Crippen molar-refractivity contribution >= 4 is 23.9 Å². The van der Waals surface area contributed by atoms with E-state index in [9.17, 15) is 19.2 Å². The Morgan fingerprint density at radius 2 is 0.568 bits per heavy atom. The number of carboxylic acids is 1. The van der Waals surface area contributed by atoms with Crippen molar-refractivity contribution in [3.8, 4) is 0 Å². The molecule has 1 unspecified atom stereocenters. The van der Waals surface area contributed by atoms with Gasteiger partial charge in [-0.25, -0.2) is 0 Å². The fourth-order valence-electron chi connectivity index (χ4n) is 9.40. The summed E-state index contributed by atoms with van der Waals surface area (Å²) in [5, 5.41) is 8.35. The molecule has 442 valence electrons. The molecule has 0 saturated heterocycles. The summed E-state index contributed by atoms with van der Waals surface area (Å²) in [5.41, 5.74) is 0. The van der Waals surface area contributed by atoms with Gasteiger partial charge in [-0.2, -0.15) is 0 Å². The third kappa shape index (κ3) is 74.1. The lowest BCUT2D eigenvalue weighted by Gasteiger charge is -2.13. The van der Waals surface area contributed by atoms with Crippen LogP contribution in [-0.2, 0) is 33.4 Å². The monoisotopic (exact) mass is 1050 g/mol. The number of carbonyl (C=O) groups is 4. The van der Waals surface area contributed by atoms with Crippen LogP contribution in [0.15, 0.2) is 0 Å². The van der Waals surface area contributed by atoms with Crippen molar-refractivity contribution < 1.29 is 38.5 Å². The first-order chi connectivity index (χ1) is 35.9. The zero-order chi connectivity index (χ0) is 55.2. The molecule has 0 aromatic carbocycles. The van der Waals surface area contributed by atoms with Crippen LogP contribution < -0.4 is 0 Å². The molecule has 0 aliphatic rings. The average molecular weight is 1050 g/mol. The quantitative estimate of drug-likeness (QED) is 0.0364. The molecule has 0 aromatic rings. The van der Waals surface area contributed by atoms with E-state index in [0.29, 0.717) is 25.7 Å². The van der Waals surface area contributed by atoms with Gasteiger partial charge in [0.1, 0.15) is 12.7 Å². The maximum Gasteiger partial charge on any atom is 0.306 e. The van der Waals surface area contributed by atoms with E-state index in [1.165, 1.54) is 258 Å². The van der Waals surface area contributed by atoms with E-state index >= 15 is 0 Å². The maximum absolute atomic E-state index is 12.1. The summed E-state index contributed by atoms with van der Waals surface area (Å²) in [6.07, 6.45) is 61.0. The minimum Gasteiger partial charge on any atom is -0.481 e. The maximum atomic E-state index is 12.1. The van der Waals surface area contributed by atoms with Gasteiger partial charge < -0.3 is 19.3 Å². The number of unbranched alkanes of at least 4 members (excludes halogenated alkanes) is 40. The normalized spacial score (nSPS) is 11.5. The van der Waals surface area contributed by atoms with Gasteiger partial charge in [0.25, 0.3) is 0 Å². The Morgan fingerprint density at radius 1 is 0.324 bits per heavy atom. The molecule has 0 bridgehead atoms. The highest BCUT2D eigenvalue weighted by atomic mass is 16.6. The number of esters is 3. The van der Waals surface area contributed by atoms with E-state index in [-0.39, 0.29) is 30.6 Å². The van der Waals surface area contributed by atoms with Gasteiger partial charge in [-0.05, 0) is 44.4 Å². The van der Waals surface area contributed by atoms with Crippen molar-refractivity contribution in [3.05, 3.63) is 0 Å². The first-order valence-electron chi connectivity index (χ1n) is 32.5. The molecule has 1 N–H and O–H groups in total. The van der Waals surface area contributed by atoms with Crippen LogP contribution in [0.3, 0.4) is 0 Å². The predicted molar refractivity (Wildman–Crippen MR) is 318 cm³/mol. The van der Waals surface area contributed by atoms with Gasteiger partial charge in [0, 0.05) is 25.7 Å². The first kappa shape index (κ1) is 76.1. The number of aliphatic carboxylic acids is 1. The van der Waals surface area contributed by atoms with Crippen molar-refractivity contribution in [2.75, 3.05) is 13.7 Å². The Kier molecular flexibility index (Phi) is 67.0. The number of ether oxygens (including phenoxy) is 3. The molecule has 0 aromatic heterocycles. The van der Waals surface area contributed by atoms with Crippen LogP contribution in [0, 0.1) is 11.8 Å². The van der Waals surface area contributed by atoms with Crippen LogP contribution in [0.5, 0.6) is 0 Å². The number of carbonyl (C=O) groups excluding carboxylic acids is 3. The van der Waals surface area contributed by atoms with Crippen molar-refractivity contribution in [2.24, 2.45) is 11.8 Å². The van der Waals surface area contributed by atoms with Gasteiger partial charge in [-0.1, -0.05) is 311 Å². The minimum absolute atomic E-state index is 0.0666. The van der Waals surface area contributed by atoms with E-state index in [4.69, 9.17) is 14.6 Å². The molecule has 74 heavy (non-hydrogen) atoms. The van der Waals surface area contributed by atoms with Gasteiger partial charge in [-0.15, -0.1) is 0 Å². The molecule has 0 spiro atoms. The van der Waals surface area contributed by atoms with Crippen molar-refractivity contribution in [3.63, 3.8) is 0 Å². The molecule has 0 saturated carbocycles. The summed E-state index contributed by atoms with van der Waals surface area (Å²) >= 11 is 0. The fourth-order valence-corrected chi connectivity index (χ4v) is 9.40. The molecular weight excluding hydrogens is 921 g/mol. The third-order valence-corrected chi connectivity index (χ3v) is 14.3. The van der Waals surface area contributed by atoms with Crippen molar-refractivity contribution in [1.29, 1.82) is 0 Å². The smallest absolute Gasteiger partial charge is 0.306 e. The van der Waals surface area contributed by atoms with E-state index in [1.54, 1.807) is 0 Å². The number of hydrogen-bond acceptors (Lipinski definition) is 7. The van der Waals surface area contributed by atoms with Crippen LogP contribution in [0.25, 0.3) is 0 Å². The molecule has 0 radical (unpaired) electrons. The Hall–Kier alpha value is -2.12. The van der Waals surface area contributed by atoms with Crippen LogP contribution in [0.4, 0.5) is 0 Å². The highest BCUT2D eigenvalue weighted by molar-refractivity contribution is 5.70. The number of carboxylic acid groups (broad SMARTS) is 1. The number of methoxy groups -OCH3 is 1. The van der Waals surface area contributed by atoms with Gasteiger partial charge in [0.05, 0.1) is 7.11 Å². The van der Waals surface area contributed by atoms with E-state index in [1.807, 2.05) is 6.92 Å². The second-order valence-electron chi connectivity index (χ2n) is 23.2. The number of hydrogen-bond donors (Lipinski definition) is 1. The highest BCUT2D eigenvalue weighted by Crippen LogP contribution is 2.18. The zero-order valence-electron chi connectivity index (χ0n) is 51.1. The first-order valence-corrected chi connectivity index (χ1v) is 32.5. The standard InChI is InChI=1S/C39H76O4.C17H34O2.C10H20O2/c1-35(2)30-26-22-18-14-10-6-8-12-16-20-24-28-32-38(40)42-34-37(5)43-39(41)33-29-25-21-17-13-9-7-11-15-19-23-27-31-36(3)4;1-3-4-5-6-7-8-9-10-11-12-13-14-15-16-17(18)19-2;1-2-3-4-5-6-7-8-9-10(11)12/h35-37H,6-34H2,1-5H3;3-16H2,1-2H3;2-9H2,1H3,(H,11,12). The van der Waals surface area contributed by atoms with Gasteiger partial charge >= 0.3 is 23.9 Å². The summed E-state index contributed by atoms with van der Waals surface area (Å²) in [7, 11) is 1.46. The molecule has 0 fully saturated rings. The molecule has 0 aliphatic carbocycles. The van der Waals surface area contributed by atoms with Gasteiger partial charge in [0.2, 0.25) is 0 Å². The minimum atomic E-state index is -0.663. The topological polar surface area (TPSA) is 116 Å². The molecule has 0 amide bonds. The lowest BCUT2D eigenvalue weighted by molar-refractivity contribution is -0.158. The molecular formula is C66H130O8. The van der Waals surface area contributed by atoms with Crippen LogP contribution in [-0.4, -0.2) is 48.8 Å². The molecule has 8 heteroatoms. The zero-order valence-corrected chi connectivity index (χ0v) is 51.1. The summed E-state index contributed by atoms with van der Waals surface area (Å²) in [5.74, 6) is 0.635. The number of rotatable bonds is 55. The lowest BCUT2D eigenvalue weighted by Crippen LogP contribution is -2.22. The van der Waals surface area contributed by atoms with E-state index < -0.39 is 5.97 Å². The largest absolute Gasteiger partial charge is 0.481 e. The average Bonchev–Trinajstić information content (AvgIpc) is 3.37. The summed E-state index contributed by atoms with van der Waals surface area (Å²) < 4.78 is 15.4. The third-order valence-electron chi connectivity index (χ3n) is 14.3. The molecule has 0 aliphatic heterocycles. The lowest BCUT2D eigenvalue weighted by atomic mass is 10.0. The Balaban J connectivity index is -0.00000132. The second kappa shape index (κ2) is 65.2. The Labute approximate surface area is 461 Å². The summed E-state index contributed by atoms with van der Waals surface area (Å²) in [4.78, 5) is 45.2. The second-order valence-corrected chi connectivity index (χ2v) is 23.2. The van der Waals surface area contributed by atoms with E-state index in [0.717, 1.165) is 56.8 Å². The molecule has 1 atom stereocenters. The SMILES string of the molecule is CC(C)CCCCCCCCCCCCCCC(=O)OCC(C)OC(=O)CCCCCCCCCCCCCCC(C)C.CCCCCCCCCC(=O)O.CCCCCCCCCCCCCCCC(=O)OC. The van der Waals surface area contributed by atoms with Crippen LogP contribution >= 0.6 is 0 Å². The molecule has 8 nitrogen and oxygen atoms in total. The Morgan fingerprint density at radius 3 is 0.838 bits per heavy atom. The fraction of sp³-hybridized carbons (Fsp3) is 0.939. The van der Waals surface area contributed by atoms with Crippen LogP contribution in [0.1, 0.15) is 370 Å².